The van der Waals surface area contributed by atoms with Crippen LogP contribution < -0.4 is 5.32 Å². The summed E-state index contributed by atoms with van der Waals surface area (Å²) in [4.78, 5) is 10.2. The van der Waals surface area contributed by atoms with Crippen LogP contribution in [-0.2, 0) is 4.79 Å². The second-order valence-electron chi connectivity index (χ2n) is 1.56. The Balaban J connectivity index is 3.14. The van der Waals surface area contributed by atoms with Crippen LogP contribution in [0.2, 0.25) is 0 Å². The molecule has 0 spiro atoms. The highest BCUT2D eigenvalue weighted by atomic mass is 32.2. The second-order valence-corrected chi connectivity index (χ2v) is 2.47. The van der Waals surface area contributed by atoms with Crippen LogP contribution >= 0.6 is 11.8 Å². The summed E-state index contributed by atoms with van der Waals surface area (Å²) in [5.74, 6) is 0.924. The van der Waals surface area contributed by atoms with Crippen molar-refractivity contribution in [1.82, 2.24) is 5.32 Å². The molecule has 3 heteroatoms. The summed E-state index contributed by atoms with van der Waals surface area (Å²) in [6, 6.07) is 0. The molecule has 0 aromatic rings. The first-order valence-corrected chi connectivity index (χ1v) is 4.08. The van der Waals surface area contributed by atoms with Crippen molar-refractivity contribution in [1.29, 1.82) is 0 Å². The number of hydrogen-bond acceptors (Lipinski definition) is 2. The first kappa shape index (κ1) is 8.56. The predicted octanol–water partition coefficient (Wildman–Crippen LogP) is 0.999. The van der Waals surface area contributed by atoms with E-state index in [4.69, 9.17) is 0 Å². The van der Waals surface area contributed by atoms with Gasteiger partial charge in [0.1, 0.15) is 0 Å². The lowest BCUT2D eigenvalue weighted by Gasteiger charge is -1.88. The molecule has 0 radical (unpaired) electrons. The van der Waals surface area contributed by atoms with Crippen LogP contribution in [0.15, 0.2) is 12.3 Å². The van der Waals surface area contributed by atoms with Gasteiger partial charge in [-0.1, -0.05) is 6.08 Å². The molecule has 0 aliphatic carbocycles. The molecule has 0 atom stereocenters. The van der Waals surface area contributed by atoms with Crippen molar-refractivity contribution >= 4 is 17.7 Å². The molecule has 0 bridgehead atoms. The van der Waals surface area contributed by atoms with Gasteiger partial charge in [0.15, 0.2) is 0 Å². The van der Waals surface area contributed by atoms with Gasteiger partial charge >= 0.3 is 0 Å². The number of nitrogens with one attached hydrogen (secondary N) is 1. The van der Waals surface area contributed by atoms with Gasteiger partial charge in [-0.05, 0) is 6.26 Å². The average Bonchev–Trinajstić information content (AvgIpc) is 1.80. The Morgan fingerprint density at radius 3 is 2.89 bits per heavy atom. The number of hydrogen-bond donors (Lipinski definition) is 1. The number of amides is 1. The molecule has 52 valence electrons. The van der Waals surface area contributed by atoms with Gasteiger partial charge in [-0.15, -0.1) is 0 Å². The van der Waals surface area contributed by atoms with E-state index in [-0.39, 0.29) is 5.91 Å². The third kappa shape index (κ3) is 7.56. The van der Waals surface area contributed by atoms with Crippen molar-refractivity contribution in [2.24, 2.45) is 0 Å². The van der Waals surface area contributed by atoms with Crippen LogP contribution in [0.4, 0.5) is 0 Å². The Bertz CT molecular complexity index is 112. The van der Waals surface area contributed by atoms with Gasteiger partial charge in [0.25, 0.3) is 0 Å². The van der Waals surface area contributed by atoms with Gasteiger partial charge in [0.2, 0.25) is 5.91 Å². The summed E-state index contributed by atoms with van der Waals surface area (Å²) in [7, 11) is 0. The standard InChI is InChI=1S/C6H11NOS/c1-6(8)7-4-3-5-9-2/h3-4H,5H2,1-2H3,(H,7,8). The highest BCUT2D eigenvalue weighted by molar-refractivity contribution is 7.98. The molecule has 9 heavy (non-hydrogen) atoms. The van der Waals surface area contributed by atoms with E-state index in [9.17, 15) is 4.79 Å². The normalized spacial score (nSPS) is 10.0. The topological polar surface area (TPSA) is 29.1 Å². The lowest BCUT2D eigenvalue weighted by molar-refractivity contribution is -0.118. The van der Waals surface area contributed by atoms with E-state index in [2.05, 4.69) is 5.32 Å². The van der Waals surface area contributed by atoms with Gasteiger partial charge in [0, 0.05) is 18.9 Å². The molecular weight excluding hydrogens is 134 g/mol. The Kier molecular flexibility index (Phi) is 5.41. The molecule has 1 amide bonds. The largest absolute Gasteiger partial charge is 0.333 e. The highest BCUT2D eigenvalue weighted by Crippen LogP contribution is 1.89. The summed E-state index contributed by atoms with van der Waals surface area (Å²) >= 11 is 1.72. The number of carbonyl (C=O) groups excluding carboxylic acids is 1. The second kappa shape index (κ2) is 5.69. The summed E-state index contributed by atoms with van der Waals surface area (Å²) in [5.41, 5.74) is 0. The Morgan fingerprint density at radius 2 is 2.44 bits per heavy atom. The summed E-state index contributed by atoms with van der Waals surface area (Å²) in [6.45, 7) is 1.49. The zero-order valence-corrected chi connectivity index (χ0v) is 6.49. The Hall–Kier alpha value is -0.440. The predicted molar refractivity (Wildman–Crippen MR) is 41.3 cm³/mol. The van der Waals surface area contributed by atoms with Crippen LogP contribution in [0.1, 0.15) is 6.92 Å². The maximum atomic E-state index is 10.2. The van der Waals surface area contributed by atoms with Crippen molar-refractivity contribution in [3.05, 3.63) is 12.3 Å². The van der Waals surface area contributed by atoms with Gasteiger partial charge in [-0.3, -0.25) is 4.79 Å². The molecule has 2 nitrogen and oxygen atoms in total. The van der Waals surface area contributed by atoms with E-state index in [1.165, 1.54) is 6.92 Å². The van der Waals surface area contributed by atoms with Crippen LogP contribution in [-0.4, -0.2) is 17.9 Å². The molecule has 0 saturated carbocycles. The van der Waals surface area contributed by atoms with Gasteiger partial charge in [-0.25, -0.2) is 0 Å². The minimum absolute atomic E-state index is 0.0210. The van der Waals surface area contributed by atoms with E-state index in [1.54, 1.807) is 18.0 Å². The first-order chi connectivity index (χ1) is 4.27. The molecule has 1 N–H and O–H groups in total. The zero-order valence-electron chi connectivity index (χ0n) is 5.68. The van der Waals surface area contributed by atoms with Crippen molar-refractivity contribution in [3.63, 3.8) is 0 Å². The molecule has 0 rings (SSSR count). The quantitative estimate of drug-likeness (QED) is 0.642. The van der Waals surface area contributed by atoms with E-state index in [0.29, 0.717) is 0 Å². The lowest BCUT2D eigenvalue weighted by Crippen LogP contribution is -2.11. The summed E-state index contributed by atoms with van der Waals surface area (Å²) in [6.07, 6.45) is 5.59. The van der Waals surface area contributed by atoms with E-state index in [0.717, 1.165) is 5.75 Å². The Labute approximate surface area is 59.7 Å². The molecule has 0 heterocycles. The lowest BCUT2D eigenvalue weighted by atomic mass is 10.6. The maximum absolute atomic E-state index is 10.2. The third-order valence-corrected chi connectivity index (χ3v) is 1.19. The monoisotopic (exact) mass is 145 g/mol. The van der Waals surface area contributed by atoms with Crippen LogP contribution in [0.3, 0.4) is 0 Å². The fraction of sp³-hybridized carbons (Fsp3) is 0.500. The number of rotatable bonds is 3. The van der Waals surface area contributed by atoms with Gasteiger partial charge in [-0.2, -0.15) is 11.8 Å². The highest BCUT2D eigenvalue weighted by Gasteiger charge is 1.79. The average molecular weight is 145 g/mol. The van der Waals surface area contributed by atoms with Crippen molar-refractivity contribution in [2.45, 2.75) is 6.92 Å². The minimum atomic E-state index is -0.0210. The molecule has 0 aromatic carbocycles. The maximum Gasteiger partial charge on any atom is 0.220 e. The Morgan fingerprint density at radius 1 is 1.78 bits per heavy atom. The third-order valence-electron chi connectivity index (χ3n) is 0.667. The molecule has 0 aliphatic heterocycles. The molecule has 0 fully saturated rings. The van der Waals surface area contributed by atoms with Crippen LogP contribution in [0.5, 0.6) is 0 Å². The SMILES string of the molecule is CSCC=CNC(C)=O. The van der Waals surface area contributed by atoms with E-state index < -0.39 is 0 Å². The minimum Gasteiger partial charge on any atom is -0.333 e. The van der Waals surface area contributed by atoms with Crippen molar-refractivity contribution < 1.29 is 4.79 Å². The molecule has 0 aliphatic rings. The van der Waals surface area contributed by atoms with Crippen molar-refractivity contribution in [2.75, 3.05) is 12.0 Å². The molecule has 0 saturated heterocycles. The van der Waals surface area contributed by atoms with Gasteiger partial charge < -0.3 is 5.32 Å². The summed E-state index contributed by atoms with van der Waals surface area (Å²) in [5, 5.41) is 2.55. The van der Waals surface area contributed by atoms with Crippen LogP contribution in [0.25, 0.3) is 0 Å². The fourth-order valence-electron chi connectivity index (χ4n) is 0.321. The van der Waals surface area contributed by atoms with Crippen molar-refractivity contribution in [3.8, 4) is 0 Å². The van der Waals surface area contributed by atoms with Gasteiger partial charge in [0.05, 0.1) is 0 Å². The fourth-order valence-corrected chi connectivity index (χ4v) is 0.609. The molecule has 0 unspecified atom stereocenters. The van der Waals surface area contributed by atoms with E-state index >= 15 is 0 Å². The number of thioether (sulfide) groups is 1. The van der Waals surface area contributed by atoms with Crippen LogP contribution in [0, 0.1) is 0 Å². The zero-order chi connectivity index (χ0) is 7.11. The van der Waals surface area contributed by atoms with E-state index in [1.807, 2.05) is 12.3 Å². The smallest absolute Gasteiger partial charge is 0.220 e. The molecule has 0 aromatic heterocycles. The summed E-state index contributed by atoms with van der Waals surface area (Å²) < 4.78 is 0. The molecular formula is C6H11NOS. The first-order valence-electron chi connectivity index (χ1n) is 2.68. The number of carbonyl (C=O) groups is 1.